The molecule has 0 aliphatic heterocycles. The van der Waals surface area contributed by atoms with E-state index in [1.54, 1.807) is 0 Å². The third kappa shape index (κ3) is 1.56. The lowest BCUT2D eigenvalue weighted by Crippen LogP contribution is -1.98. The predicted octanol–water partition coefficient (Wildman–Crippen LogP) is 0.999. The summed E-state index contributed by atoms with van der Waals surface area (Å²) in [5.41, 5.74) is -1.09. The highest BCUT2D eigenvalue weighted by molar-refractivity contribution is 5.92. The van der Waals surface area contributed by atoms with Gasteiger partial charge in [-0.05, 0) is 6.07 Å². The molecule has 0 unspecified atom stereocenters. The van der Waals surface area contributed by atoms with Crippen LogP contribution in [0.5, 0.6) is 5.75 Å². The predicted molar refractivity (Wildman–Crippen MR) is 41.7 cm³/mol. The molecular formula is C7H5NO5. The number of hydrogen-bond donors (Lipinski definition) is 2. The minimum absolute atomic E-state index is 0.478. The summed E-state index contributed by atoms with van der Waals surface area (Å²) in [5.74, 6) is -2.22. The third-order valence-electron chi connectivity index (χ3n) is 1.44. The summed E-state index contributed by atoms with van der Waals surface area (Å²) in [6.07, 6.45) is 0. The van der Waals surface area contributed by atoms with Crippen LogP contribution >= 0.6 is 0 Å². The molecule has 0 bridgehead atoms. The van der Waals surface area contributed by atoms with Crippen molar-refractivity contribution in [2.24, 2.45) is 0 Å². The lowest BCUT2D eigenvalue weighted by atomic mass is 10.9. The van der Waals surface area contributed by atoms with Crippen LogP contribution in [0.25, 0.3) is 0 Å². The molecule has 68 valence electrons. The van der Waals surface area contributed by atoms with Crippen molar-refractivity contribution in [3.8, 4) is 5.75 Å². The number of benzene rings is 1. The van der Waals surface area contributed by atoms with E-state index in [1.165, 1.54) is 6.07 Å². The molecule has 0 atom stereocenters. The number of carbonyl (C=O) groups is 1. The maximum Gasteiger partial charge on any atom is 0.339 e. The fourth-order valence-electron chi connectivity index (χ4n) is 0.851. The van der Waals surface area contributed by atoms with Gasteiger partial charge in [-0.1, -0.05) is 6.07 Å². The molecule has 0 saturated heterocycles. The van der Waals surface area contributed by atoms with Crippen molar-refractivity contribution in [1.29, 1.82) is 0 Å². The topological polar surface area (TPSA) is 101 Å². The molecule has 1 rings (SSSR count). The van der Waals surface area contributed by atoms with Crippen LogP contribution in [0.1, 0.15) is 10.4 Å². The van der Waals surface area contributed by atoms with Crippen LogP contribution in [-0.2, 0) is 0 Å². The van der Waals surface area contributed by atoms with Gasteiger partial charge in [0.05, 0.1) is 4.92 Å². The summed E-state index contributed by atoms with van der Waals surface area (Å²) < 4.78 is 0. The Kier molecular flexibility index (Phi) is 2.14. The van der Waals surface area contributed by atoms with Crippen LogP contribution in [-0.4, -0.2) is 21.1 Å². The molecule has 0 aliphatic carbocycles. The van der Waals surface area contributed by atoms with Gasteiger partial charge in [0.2, 0.25) is 5.75 Å². The molecule has 1 aromatic rings. The molecular weight excluding hydrogens is 184 g/mol. The molecule has 2 N–H and O–H groups in total. The first-order valence-electron chi connectivity index (χ1n) is 3.23. The van der Waals surface area contributed by atoms with E-state index < -0.39 is 27.9 Å². The highest BCUT2D eigenvalue weighted by Gasteiger charge is 2.19. The van der Waals surface area contributed by atoms with Crippen molar-refractivity contribution in [2.75, 3.05) is 0 Å². The molecule has 0 aliphatic rings. The molecule has 0 aromatic heterocycles. The van der Waals surface area contributed by atoms with E-state index in [2.05, 4.69) is 0 Å². The van der Waals surface area contributed by atoms with Crippen LogP contribution in [0.2, 0.25) is 0 Å². The Morgan fingerprint density at radius 3 is 2.54 bits per heavy atom. The lowest BCUT2D eigenvalue weighted by molar-refractivity contribution is -0.385. The summed E-state index contributed by atoms with van der Waals surface area (Å²) in [5, 5.41) is 27.8. The average Bonchev–Trinajstić information content (AvgIpc) is 2.03. The molecule has 6 nitrogen and oxygen atoms in total. The van der Waals surface area contributed by atoms with Crippen LogP contribution < -0.4 is 0 Å². The zero-order valence-corrected chi connectivity index (χ0v) is 6.30. The average molecular weight is 189 g/mol. The lowest BCUT2D eigenvalue weighted by Gasteiger charge is -1.98. The second-order valence-corrected chi connectivity index (χ2v) is 2.24. The maximum atomic E-state index is 10.4. The summed E-state index contributed by atoms with van der Waals surface area (Å²) in [6, 6.07) is 3.31. The number of nitrogens with zero attached hydrogens (tertiary/aromatic N) is 1. The number of nitro benzene ring substituents is 1. The number of rotatable bonds is 2. The largest absolute Gasteiger partial charge is 0.501 e. The Morgan fingerprint density at radius 2 is 2.08 bits per heavy atom. The summed E-state index contributed by atoms with van der Waals surface area (Å²) in [6.45, 7) is 0. The Morgan fingerprint density at radius 1 is 1.46 bits per heavy atom. The first-order chi connectivity index (χ1) is 6.04. The minimum Gasteiger partial charge on any atom is -0.501 e. The highest BCUT2D eigenvalue weighted by Crippen LogP contribution is 2.28. The number of phenols is 1. The molecule has 13 heavy (non-hydrogen) atoms. The number of carboxylic acids is 1. The number of aromatic hydroxyl groups is 1. The van der Waals surface area contributed by atoms with E-state index in [1.807, 2.05) is 0 Å². The van der Waals surface area contributed by atoms with Crippen molar-refractivity contribution in [1.82, 2.24) is 0 Å². The van der Waals surface area contributed by atoms with Gasteiger partial charge in [0.15, 0.2) is 0 Å². The Labute approximate surface area is 72.2 Å². The van der Waals surface area contributed by atoms with Gasteiger partial charge < -0.3 is 10.2 Å². The van der Waals surface area contributed by atoms with Gasteiger partial charge in [-0.3, -0.25) is 10.1 Å². The van der Waals surface area contributed by atoms with Crippen molar-refractivity contribution in [3.63, 3.8) is 0 Å². The molecule has 0 amide bonds. The number of hydrogen-bond acceptors (Lipinski definition) is 4. The zero-order chi connectivity index (χ0) is 10.0. The first-order valence-corrected chi connectivity index (χ1v) is 3.23. The van der Waals surface area contributed by atoms with E-state index in [4.69, 9.17) is 10.2 Å². The molecule has 0 saturated carbocycles. The number of aromatic carboxylic acids is 1. The van der Waals surface area contributed by atoms with Crippen LogP contribution in [0.4, 0.5) is 5.69 Å². The normalized spacial score (nSPS) is 9.54. The van der Waals surface area contributed by atoms with Crippen LogP contribution in [0.15, 0.2) is 18.2 Å². The molecule has 0 spiro atoms. The number of carboxylic acid groups (broad SMARTS) is 1. The summed E-state index contributed by atoms with van der Waals surface area (Å²) >= 11 is 0. The third-order valence-corrected chi connectivity index (χ3v) is 1.44. The molecule has 0 heterocycles. The minimum atomic E-state index is -1.40. The molecule has 6 heteroatoms. The van der Waals surface area contributed by atoms with E-state index in [0.29, 0.717) is 0 Å². The first kappa shape index (κ1) is 8.98. The zero-order valence-electron chi connectivity index (χ0n) is 6.30. The quantitative estimate of drug-likeness (QED) is 0.533. The monoisotopic (exact) mass is 189 g/mol. The van der Waals surface area contributed by atoms with Gasteiger partial charge in [0.25, 0.3) is 0 Å². The van der Waals surface area contributed by atoms with Crippen LogP contribution in [0.3, 0.4) is 0 Å². The maximum absolute atomic E-state index is 10.4. The van der Waals surface area contributed by atoms with E-state index in [9.17, 15) is 14.9 Å². The molecule has 0 fully saturated rings. The molecule has 0 radical (unpaired) electrons. The second kappa shape index (κ2) is 3.10. The van der Waals surface area contributed by atoms with Gasteiger partial charge in [-0.25, -0.2) is 4.79 Å². The van der Waals surface area contributed by atoms with Crippen molar-refractivity contribution in [2.45, 2.75) is 0 Å². The van der Waals surface area contributed by atoms with Gasteiger partial charge >= 0.3 is 11.7 Å². The van der Waals surface area contributed by atoms with Gasteiger partial charge in [-0.2, -0.15) is 0 Å². The highest BCUT2D eigenvalue weighted by atomic mass is 16.6. The second-order valence-electron chi connectivity index (χ2n) is 2.24. The molecule has 1 aromatic carbocycles. The Hall–Kier alpha value is -2.11. The van der Waals surface area contributed by atoms with Gasteiger partial charge in [0.1, 0.15) is 5.56 Å². The smallest absolute Gasteiger partial charge is 0.339 e. The Bertz CT molecular complexity index is 341. The SMILES string of the molecule is O=C(O)[13c]1[13cH][13cH][13cH][13c]([N+](=O)[O-])[13c]1O. The van der Waals surface area contributed by atoms with E-state index >= 15 is 0 Å². The van der Waals surface area contributed by atoms with E-state index in [-0.39, 0.29) is 0 Å². The number of para-hydroxylation sites is 1. The van der Waals surface area contributed by atoms with Gasteiger partial charge in [0, 0.05) is 6.07 Å². The van der Waals surface area contributed by atoms with Crippen LogP contribution in [0, 0.1) is 10.1 Å². The van der Waals surface area contributed by atoms with Crippen molar-refractivity contribution >= 4 is 11.7 Å². The summed E-state index contributed by atoms with van der Waals surface area (Å²) in [4.78, 5) is 19.8. The van der Waals surface area contributed by atoms with Crippen molar-refractivity contribution in [3.05, 3.63) is 33.9 Å². The fourth-order valence-corrected chi connectivity index (χ4v) is 0.851. The summed E-state index contributed by atoms with van der Waals surface area (Å²) in [7, 11) is 0. The number of nitro groups is 1. The van der Waals surface area contributed by atoms with E-state index in [0.717, 1.165) is 12.1 Å². The fraction of sp³-hybridized carbons (Fsp3) is 0. The Balaban J connectivity index is 3.35. The standard InChI is InChI=1S/C7H5NO5/c9-6-4(7(10)11)2-1-3-5(6)8(12)13/h1-3,9H,(H,10,11)/i1+1,2+1,3+1,4+1,5+1,6+1. The van der Waals surface area contributed by atoms with Crippen molar-refractivity contribution < 1.29 is 19.9 Å². The van der Waals surface area contributed by atoms with Gasteiger partial charge in [-0.15, -0.1) is 0 Å².